The molecule has 0 radical (unpaired) electrons. The highest BCUT2D eigenvalue weighted by Gasteiger charge is 2.22. The van der Waals surface area contributed by atoms with Gasteiger partial charge in [0.25, 0.3) is 0 Å². The van der Waals surface area contributed by atoms with E-state index in [1.54, 1.807) is 55.6 Å². The molecular weight excluding hydrogens is 491 g/mol. The Labute approximate surface area is 211 Å². The molecule has 0 aliphatic heterocycles. The topological polar surface area (TPSA) is 75.0 Å². The first kappa shape index (κ1) is 24.6. The van der Waals surface area contributed by atoms with Gasteiger partial charge in [0.05, 0.1) is 30.5 Å². The monoisotopic (exact) mass is 512 g/mol. The molecule has 180 valence electrons. The lowest BCUT2D eigenvalue weighted by atomic mass is 10.0. The second-order valence-electron chi connectivity index (χ2n) is 7.92. The van der Waals surface area contributed by atoms with Gasteiger partial charge in [0.2, 0.25) is 11.2 Å². The maximum Gasteiger partial charge on any atom is 0.314 e. The predicted octanol–water partition coefficient (Wildman–Crippen LogP) is 6.77. The van der Waals surface area contributed by atoms with Gasteiger partial charge in [-0.1, -0.05) is 29.3 Å². The first-order chi connectivity index (χ1) is 16.8. The van der Waals surface area contributed by atoms with Crippen LogP contribution >= 0.6 is 23.2 Å². The number of benzene rings is 3. The van der Waals surface area contributed by atoms with Crippen molar-refractivity contribution in [2.45, 2.75) is 20.3 Å². The Hall–Kier alpha value is -3.48. The lowest BCUT2D eigenvalue weighted by Gasteiger charge is -2.13. The van der Waals surface area contributed by atoms with Crippen molar-refractivity contribution in [1.82, 2.24) is 0 Å². The van der Waals surface area contributed by atoms with E-state index >= 15 is 0 Å². The van der Waals surface area contributed by atoms with Crippen LogP contribution in [0.5, 0.6) is 17.2 Å². The van der Waals surface area contributed by atoms with Gasteiger partial charge in [0, 0.05) is 10.6 Å². The van der Waals surface area contributed by atoms with Crippen LogP contribution in [-0.4, -0.2) is 19.7 Å². The SMILES string of the molecule is COc1ccc(-c2oc3cc(C)cc(C)c3c(=O)c2OC(=O)CCOc2ccc(Cl)cc2Cl)cc1. The summed E-state index contributed by atoms with van der Waals surface area (Å²) in [4.78, 5) is 26.2. The third-order valence-corrected chi connectivity index (χ3v) is 5.85. The number of hydrogen-bond donors (Lipinski definition) is 0. The molecule has 0 amide bonds. The average Bonchev–Trinajstić information content (AvgIpc) is 2.81. The van der Waals surface area contributed by atoms with E-state index in [1.165, 1.54) is 0 Å². The summed E-state index contributed by atoms with van der Waals surface area (Å²) in [6.45, 7) is 3.73. The van der Waals surface area contributed by atoms with Crippen LogP contribution in [0.2, 0.25) is 10.0 Å². The van der Waals surface area contributed by atoms with Gasteiger partial charge < -0.3 is 18.6 Å². The Morgan fingerprint density at radius 3 is 2.43 bits per heavy atom. The van der Waals surface area contributed by atoms with Crippen LogP contribution < -0.4 is 19.6 Å². The van der Waals surface area contributed by atoms with Crippen LogP contribution in [0.15, 0.2) is 63.8 Å². The summed E-state index contributed by atoms with van der Waals surface area (Å²) in [5, 5.41) is 1.16. The van der Waals surface area contributed by atoms with E-state index in [9.17, 15) is 9.59 Å². The van der Waals surface area contributed by atoms with E-state index < -0.39 is 11.4 Å². The Balaban J connectivity index is 1.65. The van der Waals surface area contributed by atoms with Crippen molar-refractivity contribution in [2.24, 2.45) is 0 Å². The van der Waals surface area contributed by atoms with Crippen molar-refractivity contribution in [1.29, 1.82) is 0 Å². The summed E-state index contributed by atoms with van der Waals surface area (Å²) in [6.07, 6.45) is -0.120. The quantitative estimate of drug-likeness (QED) is 0.254. The summed E-state index contributed by atoms with van der Waals surface area (Å²) in [6, 6.07) is 15.4. The van der Waals surface area contributed by atoms with E-state index in [-0.39, 0.29) is 24.5 Å². The molecule has 8 heteroatoms. The van der Waals surface area contributed by atoms with E-state index in [4.69, 9.17) is 41.8 Å². The van der Waals surface area contributed by atoms with Gasteiger partial charge in [0.1, 0.15) is 17.1 Å². The fourth-order valence-electron chi connectivity index (χ4n) is 3.70. The van der Waals surface area contributed by atoms with Crippen molar-refractivity contribution in [2.75, 3.05) is 13.7 Å². The number of hydrogen-bond acceptors (Lipinski definition) is 6. The van der Waals surface area contributed by atoms with Crippen LogP contribution in [0.25, 0.3) is 22.3 Å². The van der Waals surface area contributed by atoms with Crippen molar-refractivity contribution >= 4 is 40.1 Å². The normalized spacial score (nSPS) is 10.9. The summed E-state index contributed by atoms with van der Waals surface area (Å²) in [5.74, 6) is 0.356. The number of halogens is 2. The maximum atomic E-state index is 13.5. The van der Waals surface area contributed by atoms with Crippen LogP contribution in [0.4, 0.5) is 0 Å². The van der Waals surface area contributed by atoms with Crippen molar-refractivity contribution in [3.63, 3.8) is 0 Å². The minimum absolute atomic E-state index is 0.00477. The highest BCUT2D eigenvalue weighted by Crippen LogP contribution is 2.33. The molecule has 0 fully saturated rings. The zero-order chi connectivity index (χ0) is 25.1. The third kappa shape index (κ3) is 5.45. The van der Waals surface area contributed by atoms with Gasteiger partial charge in [0.15, 0.2) is 5.76 Å². The maximum absolute atomic E-state index is 13.5. The molecule has 6 nitrogen and oxygen atoms in total. The Bertz CT molecular complexity index is 1460. The first-order valence-electron chi connectivity index (χ1n) is 10.8. The molecule has 35 heavy (non-hydrogen) atoms. The summed E-state index contributed by atoms with van der Waals surface area (Å²) in [7, 11) is 1.56. The van der Waals surface area contributed by atoms with Crippen LogP contribution in [-0.2, 0) is 4.79 Å². The molecule has 0 N–H and O–H groups in total. The molecule has 0 unspecified atom stereocenters. The predicted molar refractivity (Wildman–Crippen MR) is 136 cm³/mol. The largest absolute Gasteiger partial charge is 0.497 e. The lowest BCUT2D eigenvalue weighted by Crippen LogP contribution is -2.18. The highest BCUT2D eigenvalue weighted by atomic mass is 35.5. The van der Waals surface area contributed by atoms with Gasteiger partial charge >= 0.3 is 5.97 Å². The second-order valence-corrected chi connectivity index (χ2v) is 8.76. The Morgan fingerprint density at radius 2 is 1.74 bits per heavy atom. The molecule has 1 aromatic heterocycles. The Morgan fingerprint density at radius 1 is 1.00 bits per heavy atom. The van der Waals surface area contributed by atoms with Crippen LogP contribution in [0.1, 0.15) is 17.5 Å². The molecule has 0 saturated heterocycles. The zero-order valence-corrected chi connectivity index (χ0v) is 20.8. The molecule has 0 aliphatic carbocycles. The first-order valence-corrected chi connectivity index (χ1v) is 11.5. The van der Waals surface area contributed by atoms with E-state index in [0.717, 1.165) is 11.1 Å². The van der Waals surface area contributed by atoms with E-state index in [2.05, 4.69) is 0 Å². The molecule has 0 bridgehead atoms. The number of carbonyl (C=O) groups is 1. The molecular formula is C27H22Cl2O6. The fraction of sp³-hybridized carbons (Fsp3) is 0.185. The zero-order valence-electron chi connectivity index (χ0n) is 19.3. The minimum Gasteiger partial charge on any atom is -0.497 e. The van der Waals surface area contributed by atoms with Crippen LogP contribution in [0, 0.1) is 13.8 Å². The molecule has 0 aliphatic rings. The van der Waals surface area contributed by atoms with Gasteiger partial charge in [-0.05, 0) is 73.5 Å². The highest BCUT2D eigenvalue weighted by molar-refractivity contribution is 6.35. The molecule has 4 rings (SSSR count). The molecule has 0 atom stereocenters. The van der Waals surface area contributed by atoms with Gasteiger partial charge in [-0.2, -0.15) is 0 Å². The number of rotatable bonds is 7. The molecule has 3 aromatic carbocycles. The number of aryl methyl sites for hydroxylation is 2. The van der Waals surface area contributed by atoms with Crippen LogP contribution in [0.3, 0.4) is 0 Å². The second kappa shape index (κ2) is 10.4. The summed E-state index contributed by atoms with van der Waals surface area (Å²) >= 11 is 12.0. The lowest BCUT2D eigenvalue weighted by molar-refractivity contribution is -0.135. The minimum atomic E-state index is -0.652. The van der Waals surface area contributed by atoms with Crippen molar-refractivity contribution in [3.05, 3.63) is 86.0 Å². The molecule has 1 heterocycles. The smallest absolute Gasteiger partial charge is 0.314 e. The molecule has 0 spiro atoms. The van der Waals surface area contributed by atoms with E-state index in [0.29, 0.717) is 38.1 Å². The average molecular weight is 513 g/mol. The van der Waals surface area contributed by atoms with Gasteiger partial charge in [-0.15, -0.1) is 0 Å². The number of ether oxygens (including phenoxy) is 3. The number of fused-ring (bicyclic) bond motifs is 1. The van der Waals surface area contributed by atoms with E-state index in [1.807, 2.05) is 19.9 Å². The summed E-state index contributed by atoms with van der Waals surface area (Å²) < 4.78 is 22.5. The van der Waals surface area contributed by atoms with Gasteiger partial charge in [-0.25, -0.2) is 0 Å². The molecule has 4 aromatic rings. The number of carbonyl (C=O) groups excluding carboxylic acids is 1. The van der Waals surface area contributed by atoms with Crippen molar-refractivity contribution < 1.29 is 23.4 Å². The van der Waals surface area contributed by atoms with Crippen molar-refractivity contribution in [3.8, 4) is 28.6 Å². The molecule has 0 saturated carbocycles. The Kier molecular flexibility index (Phi) is 7.34. The third-order valence-electron chi connectivity index (χ3n) is 5.32. The summed E-state index contributed by atoms with van der Waals surface area (Å²) in [5.41, 5.74) is 2.23. The van der Waals surface area contributed by atoms with Gasteiger partial charge in [-0.3, -0.25) is 9.59 Å². The standard InChI is InChI=1S/C27H22Cl2O6/c1-15-12-16(2)24-22(13-15)34-26(17-4-7-19(32-3)8-5-17)27(25(24)31)35-23(30)10-11-33-21-9-6-18(28)14-20(21)29/h4-9,12-14H,10-11H2,1-3H3. The number of methoxy groups -OCH3 is 1. The fourth-order valence-corrected chi connectivity index (χ4v) is 4.16. The number of esters is 1.